The van der Waals surface area contributed by atoms with Gasteiger partial charge in [0.1, 0.15) is 5.75 Å². The molecule has 56 heavy (non-hydrogen) atoms. The Kier molecular flexibility index (Phi) is 8.75. The fraction of sp³-hybridized carbons (Fsp3) is 0.0652. The molecule has 0 saturated carbocycles. The molecule has 15 heterocycles. The van der Waals surface area contributed by atoms with Gasteiger partial charge in [0.05, 0.1) is 21.7 Å². The van der Waals surface area contributed by atoms with Crippen molar-refractivity contribution < 1.29 is 33.0 Å². The highest BCUT2D eigenvalue weighted by Gasteiger charge is 2.23. The number of pyridine rings is 4. The van der Waals surface area contributed by atoms with Gasteiger partial charge in [-0.2, -0.15) is 0 Å². The quantitative estimate of drug-likeness (QED) is 0.0643. The fourth-order valence-corrected chi connectivity index (χ4v) is 7.07. The van der Waals surface area contributed by atoms with Crippen molar-refractivity contribution in [3.8, 4) is 28.0 Å². The monoisotopic (exact) mass is 736 g/mol. The van der Waals surface area contributed by atoms with Crippen LogP contribution in [0.5, 0.6) is 5.75 Å². The zero-order chi connectivity index (χ0) is 38.2. The highest BCUT2D eigenvalue weighted by molar-refractivity contribution is 6.11. The van der Waals surface area contributed by atoms with Crippen molar-refractivity contribution in [1.82, 2.24) is 4.40 Å². The van der Waals surface area contributed by atoms with Gasteiger partial charge in [0.15, 0.2) is 56.8 Å². The molecule has 10 aliphatic rings. The maximum absolute atomic E-state index is 14.1. The van der Waals surface area contributed by atoms with Gasteiger partial charge in [-0.25, -0.2) is 18.5 Å². The molecule has 14 bridgehead atoms. The molecule has 0 unspecified atom stereocenters. The minimum Gasteiger partial charge on any atom is -0.423 e. The lowest BCUT2D eigenvalue weighted by Gasteiger charge is -2.07. The molecule has 10 heteroatoms. The summed E-state index contributed by atoms with van der Waals surface area (Å²) < 4.78 is 13.8. The number of nitro benzene ring substituents is 1. The molecule has 0 spiro atoms. The van der Waals surface area contributed by atoms with E-state index in [1.807, 2.05) is 48.8 Å². The van der Waals surface area contributed by atoms with Crippen LogP contribution in [-0.2, 0) is 19.6 Å². The molecule has 0 saturated heterocycles. The van der Waals surface area contributed by atoms with Gasteiger partial charge >= 0.3 is 5.97 Å². The molecular formula is C46H34N5O5+3. The minimum absolute atomic E-state index is 0.119. The smallest absolute Gasteiger partial charge is 0.345 e. The van der Waals surface area contributed by atoms with Gasteiger partial charge in [-0.1, -0.05) is 48.5 Å². The third-order valence-electron chi connectivity index (χ3n) is 10.2. The lowest BCUT2D eigenvalue weighted by atomic mass is 10.1. The predicted molar refractivity (Wildman–Crippen MR) is 207 cm³/mol. The second-order valence-electron chi connectivity index (χ2n) is 13.9. The average molecular weight is 737 g/mol. The Morgan fingerprint density at radius 3 is 1.52 bits per heavy atom. The molecule has 0 N–H and O–H groups in total. The third-order valence-corrected chi connectivity index (χ3v) is 10.2. The summed E-state index contributed by atoms with van der Waals surface area (Å²) in [5.74, 6) is -0.799. The summed E-state index contributed by atoms with van der Waals surface area (Å²) in [6, 6.07) is 39.3. The SMILES string of the molecule is O=C(Oc1ccc([N+](=O)[O-])cc1)c1cc2n3ccc(cc13)-c1cc[n+](cc1)Cc1ccc(cc1)C[n+]1ccc(cc1)-c1cc[n+](cc1)Cc1ccc(cc1)C2=O. The summed E-state index contributed by atoms with van der Waals surface area (Å²) in [4.78, 5) is 38.5. The van der Waals surface area contributed by atoms with Crippen molar-refractivity contribution in [2.45, 2.75) is 19.6 Å². The van der Waals surface area contributed by atoms with Gasteiger partial charge < -0.3 is 9.14 Å². The number of hydrogen-bond acceptors (Lipinski definition) is 5. The molecule has 0 fully saturated rings. The number of nitro groups is 1. The lowest BCUT2D eigenvalue weighted by Crippen LogP contribution is -2.34. The number of aromatic nitrogens is 4. The van der Waals surface area contributed by atoms with Crippen LogP contribution in [0.2, 0.25) is 0 Å². The molecule has 0 aliphatic carbocycles. The molecule has 0 amide bonds. The van der Waals surface area contributed by atoms with E-state index in [1.165, 1.54) is 35.4 Å². The summed E-state index contributed by atoms with van der Waals surface area (Å²) in [5.41, 5.74) is 8.78. The van der Waals surface area contributed by atoms with Crippen LogP contribution < -0.4 is 18.4 Å². The van der Waals surface area contributed by atoms with E-state index in [9.17, 15) is 19.7 Å². The van der Waals surface area contributed by atoms with Crippen LogP contribution in [0, 0.1) is 10.1 Å². The Balaban J connectivity index is 1.10. The maximum atomic E-state index is 14.1. The second kappa shape index (κ2) is 14.3. The average Bonchev–Trinajstić information content (AvgIpc) is 3.62. The topological polar surface area (TPSA) is 103 Å². The summed E-state index contributed by atoms with van der Waals surface area (Å²) in [6.45, 7) is 2.09. The van der Waals surface area contributed by atoms with Crippen molar-refractivity contribution in [1.29, 1.82) is 0 Å². The number of ether oxygens (including phenoxy) is 1. The standard InChI is InChI=1S/C46H34N5O5/c52-45-38-7-5-34(6-8-38)31-48-22-15-36(16-23-48)35-13-20-47(21-14-35)29-32-1-3-33(4-2-32)30-49-24-17-37(18-25-49)39-19-26-50-43(27-39)42(28-44(45)50)46(53)56-41-11-9-40(10-12-41)51(54)55/h1-28H,29-31H2/q+3. The molecule has 18 rings (SSSR count). The predicted octanol–water partition coefficient (Wildman–Crippen LogP) is 6.95. The number of benzene rings is 3. The highest BCUT2D eigenvalue weighted by Crippen LogP contribution is 2.28. The van der Waals surface area contributed by atoms with Gasteiger partial charge in [0.2, 0.25) is 5.78 Å². The van der Waals surface area contributed by atoms with Crippen LogP contribution >= 0.6 is 0 Å². The Morgan fingerprint density at radius 2 is 1.04 bits per heavy atom. The number of esters is 1. The zero-order valence-electron chi connectivity index (χ0n) is 30.1. The number of hydrogen-bond donors (Lipinski definition) is 0. The van der Waals surface area contributed by atoms with E-state index in [-0.39, 0.29) is 22.8 Å². The first-order valence-corrected chi connectivity index (χ1v) is 18.1. The summed E-state index contributed by atoms with van der Waals surface area (Å²) in [7, 11) is 0. The Bertz CT molecular complexity index is 2760. The Labute approximate surface area is 321 Å². The van der Waals surface area contributed by atoms with Crippen LogP contribution in [0.25, 0.3) is 27.8 Å². The van der Waals surface area contributed by atoms with E-state index >= 15 is 0 Å². The molecule has 8 aromatic rings. The number of carbonyl (C=O) groups excluding carboxylic acids is 2. The second-order valence-corrected chi connectivity index (χ2v) is 13.9. The minimum atomic E-state index is -0.690. The first kappa shape index (κ1) is 34.2. The highest BCUT2D eigenvalue weighted by atomic mass is 16.6. The van der Waals surface area contributed by atoms with Crippen LogP contribution in [-0.4, -0.2) is 21.1 Å². The molecule has 5 aromatic heterocycles. The van der Waals surface area contributed by atoms with Gasteiger partial charge in [-0.15, -0.1) is 0 Å². The molecule has 270 valence electrons. The fourth-order valence-electron chi connectivity index (χ4n) is 7.07. The Hall–Kier alpha value is -7.59. The first-order valence-electron chi connectivity index (χ1n) is 18.1. The first-order chi connectivity index (χ1) is 27.3. The van der Waals surface area contributed by atoms with Crippen LogP contribution in [0.1, 0.15) is 43.1 Å². The Morgan fingerprint density at radius 1 is 0.571 bits per heavy atom. The number of ketones is 1. The van der Waals surface area contributed by atoms with Crippen molar-refractivity contribution in [3.63, 3.8) is 0 Å². The summed E-state index contributed by atoms with van der Waals surface area (Å²) in [5, 5.41) is 11.2. The van der Waals surface area contributed by atoms with E-state index in [0.29, 0.717) is 29.9 Å². The lowest BCUT2D eigenvalue weighted by molar-refractivity contribution is -0.688. The molecule has 3 aromatic carbocycles. The van der Waals surface area contributed by atoms with E-state index in [1.54, 1.807) is 28.8 Å². The van der Waals surface area contributed by atoms with Gasteiger partial charge in [0, 0.05) is 77.0 Å². The maximum Gasteiger partial charge on any atom is 0.345 e. The van der Waals surface area contributed by atoms with E-state index in [0.717, 1.165) is 34.4 Å². The van der Waals surface area contributed by atoms with Crippen LogP contribution in [0.4, 0.5) is 5.69 Å². The largest absolute Gasteiger partial charge is 0.423 e. The molecule has 10 aliphatic heterocycles. The molecule has 0 radical (unpaired) electrons. The van der Waals surface area contributed by atoms with Crippen molar-refractivity contribution in [2.24, 2.45) is 0 Å². The van der Waals surface area contributed by atoms with Gasteiger partial charge in [-0.3, -0.25) is 14.9 Å². The molecular weight excluding hydrogens is 703 g/mol. The van der Waals surface area contributed by atoms with Crippen molar-refractivity contribution >= 4 is 23.0 Å². The van der Waals surface area contributed by atoms with Crippen LogP contribution in [0.15, 0.2) is 171 Å². The van der Waals surface area contributed by atoms with Crippen LogP contribution in [0.3, 0.4) is 0 Å². The zero-order valence-corrected chi connectivity index (χ0v) is 30.1. The van der Waals surface area contributed by atoms with E-state index < -0.39 is 10.9 Å². The van der Waals surface area contributed by atoms with Crippen molar-refractivity contribution in [2.75, 3.05) is 0 Å². The number of carbonyl (C=O) groups is 2. The third kappa shape index (κ3) is 6.94. The normalized spacial score (nSPS) is 12.3. The summed E-state index contributed by atoms with van der Waals surface area (Å²) in [6.07, 6.45) is 14.2. The molecule has 0 atom stereocenters. The van der Waals surface area contributed by atoms with Gasteiger partial charge in [-0.05, 0) is 52.6 Å². The summed E-state index contributed by atoms with van der Waals surface area (Å²) >= 11 is 0. The molecule has 10 nitrogen and oxygen atoms in total. The number of non-ortho nitro benzene ring substituents is 1. The number of rotatable bonds is 3. The van der Waals surface area contributed by atoms with E-state index in [4.69, 9.17) is 4.74 Å². The van der Waals surface area contributed by atoms with E-state index in [2.05, 4.69) is 87.0 Å². The van der Waals surface area contributed by atoms with Crippen molar-refractivity contribution in [3.05, 3.63) is 214 Å². The number of nitrogens with zero attached hydrogens (tertiary/aromatic N) is 5. The van der Waals surface area contributed by atoms with Gasteiger partial charge in [0.25, 0.3) is 5.69 Å².